The van der Waals surface area contributed by atoms with Gasteiger partial charge in [-0.25, -0.2) is 0 Å². The summed E-state index contributed by atoms with van der Waals surface area (Å²) in [5.74, 6) is 0.971. The van der Waals surface area contributed by atoms with E-state index in [1.165, 1.54) is 0 Å². The van der Waals surface area contributed by atoms with Gasteiger partial charge in [-0.3, -0.25) is 4.90 Å². The molecule has 1 aromatic heterocycles. The minimum absolute atomic E-state index is 0.322. The highest BCUT2D eigenvalue weighted by molar-refractivity contribution is 6.28. The molecule has 0 saturated carbocycles. The average molecular weight is 255 g/mol. The maximum atomic E-state index is 5.86. The summed E-state index contributed by atoms with van der Waals surface area (Å²) in [5, 5.41) is 3.83. The van der Waals surface area contributed by atoms with Gasteiger partial charge in [-0.1, -0.05) is 6.08 Å². The van der Waals surface area contributed by atoms with E-state index in [2.05, 4.69) is 16.8 Å². The van der Waals surface area contributed by atoms with E-state index in [0.717, 1.165) is 44.8 Å². The maximum Gasteiger partial charge on any atom is 0.193 e. The first kappa shape index (κ1) is 12.7. The second-order valence-corrected chi connectivity index (χ2v) is 4.68. The quantitative estimate of drug-likeness (QED) is 0.819. The van der Waals surface area contributed by atoms with Crippen LogP contribution in [0.2, 0.25) is 5.22 Å². The molecule has 0 aliphatic carbocycles. The van der Waals surface area contributed by atoms with Crippen molar-refractivity contribution in [1.29, 1.82) is 0 Å². The van der Waals surface area contributed by atoms with Crippen LogP contribution in [0.4, 0.5) is 0 Å². The third kappa shape index (κ3) is 3.35. The lowest BCUT2D eigenvalue weighted by Crippen LogP contribution is -2.45. The van der Waals surface area contributed by atoms with Crippen molar-refractivity contribution in [3.63, 3.8) is 0 Å². The molecule has 0 radical (unpaired) electrons. The fourth-order valence-corrected chi connectivity index (χ4v) is 2.43. The maximum absolute atomic E-state index is 5.86. The molecular formula is C13H19ClN2O. The highest BCUT2D eigenvalue weighted by atomic mass is 35.5. The topological polar surface area (TPSA) is 28.4 Å². The third-order valence-corrected chi connectivity index (χ3v) is 3.36. The Bertz CT molecular complexity index is 358. The van der Waals surface area contributed by atoms with E-state index < -0.39 is 0 Å². The molecule has 4 heteroatoms. The summed E-state index contributed by atoms with van der Waals surface area (Å²) in [6.45, 7) is 7.98. The van der Waals surface area contributed by atoms with Crippen molar-refractivity contribution in [1.82, 2.24) is 10.2 Å². The molecule has 1 saturated heterocycles. The zero-order valence-electron chi connectivity index (χ0n) is 9.99. The number of rotatable bonds is 5. The number of furan rings is 1. The van der Waals surface area contributed by atoms with Crippen molar-refractivity contribution >= 4 is 11.6 Å². The summed E-state index contributed by atoms with van der Waals surface area (Å²) in [4.78, 5) is 2.45. The van der Waals surface area contributed by atoms with Crippen LogP contribution in [-0.4, -0.2) is 31.1 Å². The molecule has 0 bridgehead atoms. The molecular weight excluding hydrogens is 236 g/mol. The Labute approximate surface area is 107 Å². The molecule has 1 atom stereocenters. The lowest BCUT2D eigenvalue weighted by molar-refractivity contribution is 0.147. The summed E-state index contributed by atoms with van der Waals surface area (Å²) in [5.41, 5.74) is 0. The molecule has 1 fully saturated rings. The monoisotopic (exact) mass is 254 g/mol. The van der Waals surface area contributed by atoms with E-state index >= 15 is 0 Å². The molecule has 17 heavy (non-hydrogen) atoms. The summed E-state index contributed by atoms with van der Waals surface area (Å²) in [6, 6.07) is 4.13. The van der Waals surface area contributed by atoms with Crippen molar-refractivity contribution < 1.29 is 4.42 Å². The number of piperazine rings is 1. The summed E-state index contributed by atoms with van der Waals surface area (Å²) in [6.07, 6.45) is 3.99. The molecule has 1 aliphatic heterocycles. The van der Waals surface area contributed by atoms with Crippen LogP contribution >= 0.6 is 11.6 Å². The van der Waals surface area contributed by atoms with Crippen LogP contribution in [0.1, 0.15) is 24.6 Å². The van der Waals surface area contributed by atoms with Crippen LogP contribution in [0.5, 0.6) is 0 Å². The number of allylic oxidation sites excluding steroid dienone is 1. The molecule has 3 nitrogen and oxygen atoms in total. The van der Waals surface area contributed by atoms with E-state index in [0.29, 0.717) is 11.3 Å². The predicted octanol–water partition coefficient (Wildman–Crippen LogP) is 2.85. The molecule has 0 unspecified atom stereocenters. The Morgan fingerprint density at radius 3 is 2.82 bits per heavy atom. The van der Waals surface area contributed by atoms with Crippen LogP contribution in [0.3, 0.4) is 0 Å². The zero-order valence-corrected chi connectivity index (χ0v) is 10.7. The highest BCUT2D eigenvalue weighted by Crippen LogP contribution is 2.29. The molecule has 94 valence electrons. The molecule has 0 amide bonds. The minimum atomic E-state index is 0.322. The first-order valence-electron chi connectivity index (χ1n) is 6.12. The van der Waals surface area contributed by atoms with E-state index in [1.807, 2.05) is 18.2 Å². The Morgan fingerprint density at radius 2 is 2.24 bits per heavy atom. The van der Waals surface area contributed by atoms with Gasteiger partial charge in [0.25, 0.3) is 0 Å². The number of nitrogens with one attached hydrogen (secondary N) is 1. The molecule has 2 heterocycles. The summed E-state index contributed by atoms with van der Waals surface area (Å²) in [7, 11) is 0. The number of nitrogens with zero attached hydrogens (tertiary/aromatic N) is 1. The first-order valence-corrected chi connectivity index (χ1v) is 6.50. The lowest BCUT2D eigenvalue weighted by atomic mass is 10.1. The van der Waals surface area contributed by atoms with Gasteiger partial charge in [-0.2, -0.15) is 0 Å². The van der Waals surface area contributed by atoms with Gasteiger partial charge in [0, 0.05) is 26.2 Å². The smallest absolute Gasteiger partial charge is 0.193 e. The molecule has 0 aromatic carbocycles. The van der Waals surface area contributed by atoms with Crippen LogP contribution in [-0.2, 0) is 0 Å². The molecule has 1 aromatic rings. The second-order valence-electron chi connectivity index (χ2n) is 4.31. The fourth-order valence-electron chi connectivity index (χ4n) is 2.28. The van der Waals surface area contributed by atoms with E-state index in [1.54, 1.807) is 0 Å². The standard InChI is InChI=1S/C13H19ClN2O/c1-2-3-4-11(12-5-6-13(14)17-12)16-9-7-15-8-10-16/h2,5-6,11,15H,1,3-4,7-10H2/t11-/m0/s1. The van der Waals surface area contributed by atoms with Crippen LogP contribution in [0.15, 0.2) is 29.2 Å². The van der Waals surface area contributed by atoms with Gasteiger partial charge in [0.2, 0.25) is 0 Å². The largest absolute Gasteiger partial charge is 0.448 e. The van der Waals surface area contributed by atoms with E-state index in [9.17, 15) is 0 Å². The Balaban J connectivity index is 2.08. The van der Waals surface area contributed by atoms with Gasteiger partial charge in [0.1, 0.15) is 5.76 Å². The fraction of sp³-hybridized carbons (Fsp3) is 0.538. The van der Waals surface area contributed by atoms with Crippen molar-refractivity contribution in [3.8, 4) is 0 Å². The number of hydrogen-bond donors (Lipinski definition) is 1. The van der Waals surface area contributed by atoms with E-state index in [-0.39, 0.29) is 0 Å². The van der Waals surface area contributed by atoms with E-state index in [4.69, 9.17) is 16.0 Å². The van der Waals surface area contributed by atoms with Crippen LogP contribution in [0, 0.1) is 0 Å². The van der Waals surface area contributed by atoms with Crippen molar-refractivity contribution in [2.45, 2.75) is 18.9 Å². The van der Waals surface area contributed by atoms with Gasteiger partial charge < -0.3 is 9.73 Å². The van der Waals surface area contributed by atoms with Crippen molar-refractivity contribution in [2.24, 2.45) is 0 Å². The third-order valence-electron chi connectivity index (χ3n) is 3.16. The van der Waals surface area contributed by atoms with Crippen LogP contribution in [0.25, 0.3) is 0 Å². The molecule has 2 rings (SSSR count). The number of halogens is 1. The molecule has 1 aliphatic rings. The van der Waals surface area contributed by atoms with Crippen molar-refractivity contribution in [2.75, 3.05) is 26.2 Å². The average Bonchev–Trinajstić information content (AvgIpc) is 2.78. The van der Waals surface area contributed by atoms with Gasteiger partial charge in [-0.15, -0.1) is 6.58 Å². The minimum Gasteiger partial charge on any atom is -0.448 e. The Kier molecular flexibility index (Phi) is 4.66. The van der Waals surface area contributed by atoms with Gasteiger partial charge in [0.15, 0.2) is 5.22 Å². The number of hydrogen-bond acceptors (Lipinski definition) is 3. The van der Waals surface area contributed by atoms with Crippen LogP contribution < -0.4 is 5.32 Å². The van der Waals surface area contributed by atoms with Gasteiger partial charge >= 0.3 is 0 Å². The zero-order chi connectivity index (χ0) is 12.1. The molecule has 1 N–H and O–H groups in total. The summed E-state index contributed by atoms with van der Waals surface area (Å²) >= 11 is 5.86. The first-order chi connectivity index (χ1) is 8.31. The van der Waals surface area contributed by atoms with Crippen molar-refractivity contribution in [3.05, 3.63) is 35.8 Å². The second kappa shape index (κ2) is 6.24. The summed E-state index contributed by atoms with van der Waals surface area (Å²) < 4.78 is 5.56. The predicted molar refractivity (Wildman–Crippen MR) is 70.3 cm³/mol. The Hall–Kier alpha value is -0.770. The van der Waals surface area contributed by atoms with Gasteiger partial charge in [0.05, 0.1) is 6.04 Å². The van der Waals surface area contributed by atoms with Gasteiger partial charge in [-0.05, 0) is 36.6 Å². The molecule has 0 spiro atoms. The normalized spacial score (nSPS) is 19.1. The lowest BCUT2D eigenvalue weighted by Gasteiger charge is -2.33. The Morgan fingerprint density at radius 1 is 1.47 bits per heavy atom. The SMILES string of the molecule is C=CCC[C@@H](c1ccc(Cl)o1)N1CCNCC1. The highest BCUT2D eigenvalue weighted by Gasteiger charge is 2.23.